The largest absolute Gasteiger partial charge is 0.336 e. The van der Waals surface area contributed by atoms with Gasteiger partial charge in [0, 0.05) is 42.4 Å². The van der Waals surface area contributed by atoms with Crippen LogP contribution in [0.3, 0.4) is 0 Å². The smallest absolute Gasteiger partial charge is 0.273 e. The first-order chi connectivity index (χ1) is 9.38. The van der Waals surface area contributed by atoms with E-state index < -0.39 is 4.92 Å². The first kappa shape index (κ1) is 14.5. The summed E-state index contributed by atoms with van der Waals surface area (Å²) in [5.74, 6) is -0.145. The Hall–Kier alpha value is -1.95. The molecule has 1 aromatic rings. The number of hydrogen-bond donors (Lipinski definition) is 1. The van der Waals surface area contributed by atoms with Gasteiger partial charge in [0.25, 0.3) is 11.6 Å². The molecule has 20 heavy (non-hydrogen) atoms. The molecule has 0 aromatic heterocycles. The van der Waals surface area contributed by atoms with Crippen LogP contribution in [-0.4, -0.2) is 40.9 Å². The van der Waals surface area contributed by atoms with E-state index >= 15 is 0 Å². The third kappa shape index (κ3) is 2.96. The summed E-state index contributed by atoms with van der Waals surface area (Å²) >= 11 is 0. The third-order valence-corrected chi connectivity index (χ3v) is 3.50. The number of nitrogens with one attached hydrogen (secondary N) is 1. The summed E-state index contributed by atoms with van der Waals surface area (Å²) < 4.78 is 0. The summed E-state index contributed by atoms with van der Waals surface area (Å²) in [5, 5.41) is 14.3. The summed E-state index contributed by atoms with van der Waals surface area (Å²) in [6.07, 6.45) is 0. The van der Waals surface area contributed by atoms with E-state index in [0.29, 0.717) is 24.2 Å². The number of hydrogen-bond acceptors (Lipinski definition) is 4. The molecule has 0 aliphatic carbocycles. The Morgan fingerprint density at radius 3 is 2.50 bits per heavy atom. The number of nitrogens with zero attached hydrogens (tertiary/aromatic N) is 2. The first-order valence-electron chi connectivity index (χ1n) is 6.69. The van der Waals surface area contributed by atoms with Crippen LogP contribution < -0.4 is 5.32 Å². The number of aryl methyl sites for hydroxylation is 1. The van der Waals surface area contributed by atoms with Gasteiger partial charge in [0.2, 0.25) is 0 Å². The lowest BCUT2D eigenvalue weighted by Crippen LogP contribution is -2.55. The van der Waals surface area contributed by atoms with Crippen LogP contribution in [0.4, 0.5) is 5.69 Å². The molecule has 0 saturated carbocycles. The summed E-state index contributed by atoms with van der Waals surface area (Å²) in [6, 6.07) is 5.10. The van der Waals surface area contributed by atoms with E-state index in [2.05, 4.69) is 5.32 Å². The van der Waals surface area contributed by atoms with Crippen LogP contribution >= 0.6 is 0 Å². The van der Waals surface area contributed by atoms with Crippen LogP contribution in [0.15, 0.2) is 18.2 Å². The Balaban J connectivity index is 2.25. The van der Waals surface area contributed by atoms with Gasteiger partial charge in [0.05, 0.1) is 4.92 Å². The van der Waals surface area contributed by atoms with Gasteiger partial charge in [-0.05, 0) is 26.8 Å². The lowest BCUT2D eigenvalue weighted by Gasteiger charge is -2.36. The van der Waals surface area contributed by atoms with Gasteiger partial charge in [0.15, 0.2) is 0 Å². The van der Waals surface area contributed by atoms with E-state index in [-0.39, 0.29) is 23.7 Å². The molecule has 2 atom stereocenters. The maximum Gasteiger partial charge on any atom is 0.273 e. The molecule has 2 rings (SSSR count). The number of rotatable bonds is 2. The molecular formula is C14H19N3O3. The Morgan fingerprint density at radius 2 is 1.95 bits per heavy atom. The molecule has 0 spiro atoms. The summed E-state index contributed by atoms with van der Waals surface area (Å²) in [6.45, 7) is 6.94. The van der Waals surface area contributed by atoms with Gasteiger partial charge in [-0.25, -0.2) is 0 Å². The number of carbonyl (C=O) groups is 1. The quantitative estimate of drug-likeness (QED) is 0.659. The molecule has 1 amide bonds. The highest BCUT2D eigenvalue weighted by Crippen LogP contribution is 2.21. The molecule has 1 aromatic carbocycles. The van der Waals surface area contributed by atoms with Gasteiger partial charge in [-0.1, -0.05) is 6.07 Å². The van der Waals surface area contributed by atoms with E-state index in [1.807, 2.05) is 13.8 Å². The second-order valence-electron chi connectivity index (χ2n) is 5.44. The summed E-state index contributed by atoms with van der Waals surface area (Å²) in [5.41, 5.74) is 0.935. The maximum atomic E-state index is 12.5. The number of amides is 1. The lowest BCUT2D eigenvalue weighted by atomic mass is 10.1. The Morgan fingerprint density at radius 1 is 1.35 bits per heavy atom. The standard InChI is InChI=1S/C14H19N3O3/c1-9-4-5-12(6-13(9)17(19)20)14(18)16-7-10(2)15-11(3)8-16/h4-6,10-11,15H,7-8H2,1-3H3. The maximum absolute atomic E-state index is 12.5. The molecule has 2 unspecified atom stereocenters. The molecular weight excluding hydrogens is 258 g/mol. The predicted molar refractivity (Wildman–Crippen MR) is 75.8 cm³/mol. The van der Waals surface area contributed by atoms with Crippen LogP contribution in [0.5, 0.6) is 0 Å². The van der Waals surface area contributed by atoms with Crippen molar-refractivity contribution in [2.24, 2.45) is 0 Å². The Bertz CT molecular complexity index is 534. The summed E-state index contributed by atoms with van der Waals surface area (Å²) in [4.78, 5) is 24.7. The van der Waals surface area contributed by atoms with E-state index in [9.17, 15) is 14.9 Å². The van der Waals surface area contributed by atoms with Crippen LogP contribution in [0.2, 0.25) is 0 Å². The topological polar surface area (TPSA) is 75.5 Å². The fourth-order valence-electron chi connectivity index (χ4n) is 2.61. The SMILES string of the molecule is Cc1ccc(C(=O)N2CC(C)NC(C)C2)cc1[N+](=O)[O-]. The van der Waals surface area contributed by atoms with Gasteiger partial charge < -0.3 is 10.2 Å². The molecule has 108 valence electrons. The molecule has 0 bridgehead atoms. The highest BCUT2D eigenvalue weighted by molar-refractivity contribution is 5.95. The number of nitro groups is 1. The van der Waals surface area contributed by atoms with Crippen molar-refractivity contribution in [1.29, 1.82) is 0 Å². The van der Waals surface area contributed by atoms with E-state index in [4.69, 9.17) is 0 Å². The molecule has 1 aliphatic heterocycles. The molecule has 6 heteroatoms. The normalized spacial score (nSPS) is 22.6. The average molecular weight is 277 g/mol. The first-order valence-corrected chi connectivity index (χ1v) is 6.69. The zero-order valence-corrected chi connectivity index (χ0v) is 11.9. The third-order valence-electron chi connectivity index (χ3n) is 3.50. The molecule has 1 fully saturated rings. The minimum atomic E-state index is -0.449. The fourth-order valence-corrected chi connectivity index (χ4v) is 2.61. The Labute approximate surface area is 117 Å². The van der Waals surface area contributed by atoms with Crippen molar-refractivity contribution in [1.82, 2.24) is 10.2 Å². The zero-order valence-electron chi connectivity index (χ0n) is 11.9. The average Bonchev–Trinajstić information content (AvgIpc) is 2.37. The van der Waals surface area contributed by atoms with Gasteiger partial charge in [-0.2, -0.15) is 0 Å². The highest BCUT2D eigenvalue weighted by Gasteiger charge is 2.26. The van der Waals surface area contributed by atoms with Crippen molar-refractivity contribution in [2.45, 2.75) is 32.9 Å². The second kappa shape index (κ2) is 5.58. The van der Waals surface area contributed by atoms with E-state index in [1.54, 1.807) is 24.0 Å². The van der Waals surface area contributed by atoms with Crippen molar-refractivity contribution in [3.8, 4) is 0 Å². The fraction of sp³-hybridized carbons (Fsp3) is 0.500. The van der Waals surface area contributed by atoms with Crippen molar-refractivity contribution in [3.05, 3.63) is 39.4 Å². The van der Waals surface area contributed by atoms with E-state index in [1.165, 1.54) is 6.07 Å². The molecule has 1 N–H and O–H groups in total. The van der Waals surface area contributed by atoms with Gasteiger partial charge in [-0.3, -0.25) is 14.9 Å². The number of benzene rings is 1. The van der Waals surface area contributed by atoms with Crippen molar-refractivity contribution < 1.29 is 9.72 Å². The second-order valence-corrected chi connectivity index (χ2v) is 5.44. The van der Waals surface area contributed by atoms with Crippen LogP contribution in [0.1, 0.15) is 29.8 Å². The molecule has 0 radical (unpaired) electrons. The molecule has 1 heterocycles. The highest BCUT2D eigenvalue weighted by atomic mass is 16.6. The van der Waals surface area contributed by atoms with Gasteiger partial charge >= 0.3 is 0 Å². The van der Waals surface area contributed by atoms with Crippen LogP contribution in [0, 0.1) is 17.0 Å². The number of piperazine rings is 1. The van der Waals surface area contributed by atoms with Crippen LogP contribution in [0.25, 0.3) is 0 Å². The van der Waals surface area contributed by atoms with Crippen LogP contribution in [-0.2, 0) is 0 Å². The monoisotopic (exact) mass is 277 g/mol. The molecule has 1 saturated heterocycles. The summed E-state index contributed by atoms with van der Waals surface area (Å²) in [7, 11) is 0. The van der Waals surface area contributed by atoms with Crippen molar-refractivity contribution in [2.75, 3.05) is 13.1 Å². The Kier molecular flexibility index (Phi) is 4.04. The zero-order chi connectivity index (χ0) is 14.9. The number of carbonyl (C=O) groups excluding carboxylic acids is 1. The minimum Gasteiger partial charge on any atom is -0.336 e. The van der Waals surface area contributed by atoms with Crippen molar-refractivity contribution >= 4 is 11.6 Å². The molecule has 6 nitrogen and oxygen atoms in total. The molecule has 1 aliphatic rings. The van der Waals surface area contributed by atoms with Crippen molar-refractivity contribution in [3.63, 3.8) is 0 Å². The number of nitro benzene ring substituents is 1. The minimum absolute atomic E-state index is 0.00733. The lowest BCUT2D eigenvalue weighted by molar-refractivity contribution is -0.385. The van der Waals surface area contributed by atoms with E-state index in [0.717, 1.165) is 0 Å². The predicted octanol–water partition coefficient (Wildman–Crippen LogP) is 1.73. The van der Waals surface area contributed by atoms with Gasteiger partial charge in [0.1, 0.15) is 0 Å². The van der Waals surface area contributed by atoms with Gasteiger partial charge in [-0.15, -0.1) is 0 Å².